The molecule has 1 aromatic carbocycles. The van der Waals surface area contributed by atoms with E-state index >= 15 is 0 Å². The summed E-state index contributed by atoms with van der Waals surface area (Å²) in [6.07, 6.45) is 0. The highest BCUT2D eigenvalue weighted by molar-refractivity contribution is 5.97. The maximum atomic E-state index is 12.1. The molecule has 0 amide bonds. The topological polar surface area (TPSA) is 44.1 Å². The van der Waals surface area contributed by atoms with Crippen molar-refractivity contribution in [1.82, 2.24) is 9.78 Å². The van der Waals surface area contributed by atoms with E-state index in [4.69, 9.17) is 4.74 Å². The highest BCUT2D eigenvalue weighted by Crippen LogP contribution is 2.16. The Balaban J connectivity index is 1.99. The van der Waals surface area contributed by atoms with Crippen molar-refractivity contribution in [1.29, 1.82) is 0 Å². The largest absolute Gasteiger partial charge is 0.469 e. The van der Waals surface area contributed by atoms with E-state index in [2.05, 4.69) is 18.9 Å². The van der Waals surface area contributed by atoms with Crippen molar-refractivity contribution in [3.8, 4) is 5.88 Å². The van der Waals surface area contributed by atoms with E-state index in [0.29, 0.717) is 17.4 Å². The molecular weight excluding hydrogens is 252 g/mol. The fourth-order valence-corrected chi connectivity index (χ4v) is 2.00. The van der Waals surface area contributed by atoms with Crippen LogP contribution in [0, 0.1) is 6.92 Å². The molecule has 2 rings (SSSR count). The van der Waals surface area contributed by atoms with Crippen molar-refractivity contribution < 1.29 is 9.53 Å². The molecule has 0 unspecified atom stereocenters. The summed E-state index contributed by atoms with van der Waals surface area (Å²) in [5, 5.41) is 4.17. The SMILES string of the molecule is Cc1cc(OCC(=O)c2ccc(C(C)C)cc2)n(C)n1. The first-order chi connectivity index (χ1) is 9.47. The first-order valence-corrected chi connectivity index (χ1v) is 6.74. The van der Waals surface area contributed by atoms with Gasteiger partial charge in [0, 0.05) is 18.7 Å². The van der Waals surface area contributed by atoms with Crippen LogP contribution in [0.15, 0.2) is 30.3 Å². The lowest BCUT2D eigenvalue weighted by Crippen LogP contribution is -2.13. The van der Waals surface area contributed by atoms with Gasteiger partial charge in [0.1, 0.15) is 0 Å². The lowest BCUT2D eigenvalue weighted by molar-refractivity contribution is 0.0915. The highest BCUT2D eigenvalue weighted by Gasteiger charge is 2.10. The molecule has 2 aromatic rings. The molecule has 0 aliphatic heterocycles. The van der Waals surface area contributed by atoms with Crippen LogP contribution >= 0.6 is 0 Å². The summed E-state index contributed by atoms with van der Waals surface area (Å²) in [6.45, 7) is 6.18. The first-order valence-electron chi connectivity index (χ1n) is 6.74. The third-order valence-corrected chi connectivity index (χ3v) is 3.21. The zero-order chi connectivity index (χ0) is 14.7. The van der Waals surface area contributed by atoms with Gasteiger partial charge in [-0.1, -0.05) is 38.1 Å². The minimum Gasteiger partial charge on any atom is -0.469 e. The van der Waals surface area contributed by atoms with Gasteiger partial charge in [-0.05, 0) is 18.4 Å². The standard InChI is InChI=1S/C16H20N2O2/c1-11(2)13-5-7-14(8-6-13)15(19)10-20-16-9-12(3)17-18(16)4/h5-9,11H,10H2,1-4H3. The monoisotopic (exact) mass is 272 g/mol. The summed E-state index contributed by atoms with van der Waals surface area (Å²) in [5.41, 5.74) is 2.77. The average Bonchev–Trinajstić information content (AvgIpc) is 2.74. The number of rotatable bonds is 5. The van der Waals surface area contributed by atoms with Crippen molar-refractivity contribution in [3.63, 3.8) is 0 Å². The number of hydrogen-bond donors (Lipinski definition) is 0. The smallest absolute Gasteiger partial charge is 0.212 e. The van der Waals surface area contributed by atoms with Crippen molar-refractivity contribution in [2.24, 2.45) is 7.05 Å². The van der Waals surface area contributed by atoms with Gasteiger partial charge in [-0.3, -0.25) is 4.79 Å². The quantitative estimate of drug-likeness (QED) is 0.785. The molecule has 0 saturated carbocycles. The van der Waals surface area contributed by atoms with Gasteiger partial charge in [0.15, 0.2) is 12.4 Å². The zero-order valence-corrected chi connectivity index (χ0v) is 12.4. The molecule has 0 spiro atoms. The molecule has 1 heterocycles. The highest BCUT2D eigenvalue weighted by atomic mass is 16.5. The Morgan fingerprint density at radius 1 is 1.30 bits per heavy atom. The molecule has 20 heavy (non-hydrogen) atoms. The Hall–Kier alpha value is -2.10. The van der Waals surface area contributed by atoms with Crippen LogP contribution in [0.4, 0.5) is 0 Å². The van der Waals surface area contributed by atoms with E-state index in [0.717, 1.165) is 5.69 Å². The number of aryl methyl sites for hydroxylation is 2. The van der Waals surface area contributed by atoms with Crippen molar-refractivity contribution >= 4 is 5.78 Å². The van der Waals surface area contributed by atoms with Gasteiger partial charge in [-0.15, -0.1) is 0 Å². The number of nitrogens with zero attached hydrogens (tertiary/aromatic N) is 2. The molecule has 0 atom stereocenters. The van der Waals surface area contributed by atoms with Gasteiger partial charge in [0.2, 0.25) is 5.88 Å². The second-order valence-electron chi connectivity index (χ2n) is 5.24. The molecule has 106 valence electrons. The molecule has 0 N–H and O–H groups in total. The van der Waals surface area contributed by atoms with Gasteiger partial charge < -0.3 is 4.74 Å². The number of benzene rings is 1. The van der Waals surface area contributed by atoms with E-state index < -0.39 is 0 Å². The van der Waals surface area contributed by atoms with E-state index in [1.807, 2.05) is 37.3 Å². The lowest BCUT2D eigenvalue weighted by atomic mass is 10.0. The molecule has 0 radical (unpaired) electrons. The number of carbonyl (C=O) groups is 1. The minimum absolute atomic E-state index is 0.0278. The predicted molar refractivity (Wildman–Crippen MR) is 78.3 cm³/mol. The minimum atomic E-state index is -0.0286. The number of aromatic nitrogens is 2. The number of ketones is 1. The first kappa shape index (κ1) is 14.3. The number of ether oxygens (including phenoxy) is 1. The predicted octanol–water partition coefficient (Wildman–Crippen LogP) is 3.11. The summed E-state index contributed by atoms with van der Waals surface area (Å²) in [7, 11) is 1.80. The van der Waals surface area contributed by atoms with Gasteiger partial charge in [-0.2, -0.15) is 5.10 Å². The van der Waals surface area contributed by atoms with Gasteiger partial charge in [-0.25, -0.2) is 4.68 Å². The fraction of sp³-hybridized carbons (Fsp3) is 0.375. The van der Waals surface area contributed by atoms with Gasteiger partial charge >= 0.3 is 0 Å². The van der Waals surface area contributed by atoms with Crippen molar-refractivity contribution in [3.05, 3.63) is 47.2 Å². The third kappa shape index (κ3) is 3.26. The maximum Gasteiger partial charge on any atom is 0.212 e. The lowest BCUT2D eigenvalue weighted by Gasteiger charge is -2.07. The maximum absolute atomic E-state index is 12.1. The van der Waals surface area contributed by atoms with Crippen LogP contribution in [0.1, 0.15) is 41.4 Å². The van der Waals surface area contributed by atoms with Crippen LogP contribution in [-0.2, 0) is 7.05 Å². The molecule has 0 saturated heterocycles. The van der Waals surface area contributed by atoms with E-state index in [1.165, 1.54) is 5.56 Å². The summed E-state index contributed by atoms with van der Waals surface area (Å²) >= 11 is 0. The van der Waals surface area contributed by atoms with Crippen LogP contribution in [0.5, 0.6) is 5.88 Å². The Morgan fingerprint density at radius 2 is 1.95 bits per heavy atom. The summed E-state index contributed by atoms with van der Waals surface area (Å²) < 4.78 is 7.13. The molecule has 4 nitrogen and oxygen atoms in total. The molecule has 0 aliphatic carbocycles. The third-order valence-electron chi connectivity index (χ3n) is 3.21. The summed E-state index contributed by atoms with van der Waals surface area (Å²) in [5.74, 6) is 1.04. The molecule has 4 heteroatoms. The van der Waals surface area contributed by atoms with Gasteiger partial charge in [0.05, 0.1) is 5.69 Å². The summed E-state index contributed by atoms with van der Waals surface area (Å²) in [4.78, 5) is 12.1. The molecule has 1 aromatic heterocycles. The number of Topliss-reactive ketones (excluding diaryl/α,β-unsaturated/α-hetero) is 1. The fourth-order valence-electron chi connectivity index (χ4n) is 2.00. The van der Waals surface area contributed by atoms with E-state index in [-0.39, 0.29) is 12.4 Å². The van der Waals surface area contributed by atoms with Crippen LogP contribution < -0.4 is 4.74 Å². The van der Waals surface area contributed by atoms with E-state index in [9.17, 15) is 4.79 Å². The second kappa shape index (κ2) is 5.90. The molecule has 0 fully saturated rings. The zero-order valence-electron chi connectivity index (χ0n) is 12.4. The second-order valence-corrected chi connectivity index (χ2v) is 5.24. The Morgan fingerprint density at radius 3 is 2.45 bits per heavy atom. The van der Waals surface area contributed by atoms with Crippen molar-refractivity contribution in [2.45, 2.75) is 26.7 Å². The van der Waals surface area contributed by atoms with Gasteiger partial charge in [0.25, 0.3) is 0 Å². The van der Waals surface area contributed by atoms with Crippen LogP contribution in [0.3, 0.4) is 0 Å². The Labute approximate surface area is 119 Å². The number of hydrogen-bond acceptors (Lipinski definition) is 3. The number of carbonyl (C=O) groups excluding carboxylic acids is 1. The van der Waals surface area contributed by atoms with Crippen molar-refractivity contribution in [2.75, 3.05) is 6.61 Å². The Bertz CT molecular complexity index is 597. The normalized spacial score (nSPS) is 10.8. The average molecular weight is 272 g/mol. The Kier molecular flexibility index (Phi) is 4.23. The van der Waals surface area contributed by atoms with Crippen LogP contribution in [0.2, 0.25) is 0 Å². The van der Waals surface area contributed by atoms with Crippen LogP contribution in [-0.4, -0.2) is 22.2 Å². The van der Waals surface area contributed by atoms with Crippen LogP contribution in [0.25, 0.3) is 0 Å². The van der Waals surface area contributed by atoms with E-state index in [1.54, 1.807) is 11.7 Å². The molecule has 0 bridgehead atoms. The molecular formula is C16H20N2O2. The molecule has 0 aliphatic rings. The summed E-state index contributed by atoms with van der Waals surface area (Å²) in [6, 6.07) is 9.51.